The summed E-state index contributed by atoms with van der Waals surface area (Å²) in [6.45, 7) is 0. The molecule has 0 aromatic heterocycles. The van der Waals surface area contributed by atoms with Crippen molar-refractivity contribution in [3.8, 4) is 22.6 Å². The Kier molecular flexibility index (Phi) is 5.04. The zero-order valence-corrected chi connectivity index (χ0v) is 21.8. The average Bonchev–Trinajstić information content (AvgIpc) is 3.29. The van der Waals surface area contributed by atoms with Gasteiger partial charge in [0.2, 0.25) is 0 Å². The van der Waals surface area contributed by atoms with E-state index >= 15 is 0 Å². The molecule has 2 N–H and O–H groups in total. The van der Waals surface area contributed by atoms with Crippen LogP contribution in [-0.4, -0.2) is 0 Å². The Hall–Kier alpha value is -5.28. The van der Waals surface area contributed by atoms with Crippen LogP contribution < -0.4 is 15.4 Å². The Morgan fingerprint density at radius 1 is 0.375 bits per heavy atom. The third-order valence-electron chi connectivity index (χ3n) is 8.07. The standard InChI is InChI=1S/C37H26N2O/c1-3-11-25(12-4-1)38-27-19-21-33-35(23-27)40-36-24-28(39-26-13-5-2-6-14-26)20-22-34(36)37(33)31-17-9-7-15-29(31)30-16-8-10-18-32(30)37/h1-24,38-39H. The van der Waals surface area contributed by atoms with Gasteiger partial charge in [0.15, 0.2) is 0 Å². The minimum Gasteiger partial charge on any atom is -0.457 e. The summed E-state index contributed by atoms with van der Waals surface area (Å²) in [7, 11) is 0. The van der Waals surface area contributed by atoms with E-state index in [4.69, 9.17) is 4.74 Å². The smallest absolute Gasteiger partial charge is 0.134 e. The number of benzene rings is 6. The van der Waals surface area contributed by atoms with Gasteiger partial charge in [-0.25, -0.2) is 0 Å². The Morgan fingerprint density at radius 3 is 1.27 bits per heavy atom. The summed E-state index contributed by atoms with van der Waals surface area (Å²) in [5.74, 6) is 1.72. The molecule has 0 bridgehead atoms. The van der Waals surface area contributed by atoms with E-state index in [1.807, 2.05) is 36.4 Å². The molecule has 2 aliphatic rings. The van der Waals surface area contributed by atoms with E-state index in [0.717, 1.165) is 45.4 Å². The topological polar surface area (TPSA) is 33.3 Å². The Labute approximate surface area is 233 Å². The van der Waals surface area contributed by atoms with Gasteiger partial charge in [0, 0.05) is 46.0 Å². The normalized spacial score (nSPS) is 13.4. The van der Waals surface area contributed by atoms with Crippen LogP contribution in [0.1, 0.15) is 22.3 Å². The highest BCUT2D eigenvalue weighted by Gasteiger charge is 2.51. The lowest BCUT2D eigenvalue weighted by Crippen LogP contribution is -2.32. The van der Waals surface area contributed by atoms with Gasteiger partial charge in [-0.05, 0) is 58.7 Å². The van der Waals surface area contributed by atoms with E-state index in [1.165, 1.54) is 22.3 Å². The number of hydrogen-bond donors (Lipinski definition) is 2. The number of hydrogen-bond acceptors (Lipinski definition) is 3. The Morgan fingerprint density at radius 2 is 0.800 bits per heavy atom. The van der Waals surface area contributed by atoms with Gasteiger partial charge < -0.3 is 15.4 Å². The van der Waals surface area contributed by atoms with Crippen LogP contribution in [0.2, 0.25) is 0 Å². The molecule has 0 unspecified atom stereocenters. The molecule has 0 atom stereocenters. The fourth-order valence-corrected chi connectivity index (χ4v) is 6.44. The number of ether oxygens (including phenoxy) is 1. The van der Waals surface area contributed by atoms with E-state index in [0.29, 0.717) is 0 Å². The monoisotopic (exact) mass is 514 g/mol. The van der Waals surface area contributed by atoms with Crippen molar-refractivity contribution in [1.82, 2.24) is 0 Å². The molecule has 3 nitrogen and oxygen atoms in total. The highest BCUT2D eigenvalue weighted by atomic mass is 16.5. The minimum absolute atomic E-state index is 0.480. The summed E-state index contributed by atoms with van der Waals surface area (Å²) < 4.78 is 6.77. The van der Waals surface area contributed by atoms with Crippen LogP contribution in [0.15, 0.2) is 146 Å². The maximum Gasteiger partial charge on any atom is 0.134 e. The largest absolute Gasteiger partial charge is 0.457 e. The van der Waals surface area contributed by atoms with Crippen LogP contribution in [0.25, 0.3) is 11.1 Å². The van der Waals surface area contributed by atoms with E-state index in [9.17, 15) is 0 Å². The number of para-hydroxylation sites is 2. The summed E-state index contributed by atoms with van der Waals surface area (Å²) in [4.78, 5) is 0. The average molecular weight is 515 g/mol. The molecule has 1 spiro atoms. The lowest BCUT2D eigenvalue weighted by Gasteiger charge is -2.39. The highest BCUT2D eigenvalue weighted by molar-refractivity contribution is 5.89. The van der Waals surface area contributed by atoms with E-state index < -0.39 is 5.41 Å². The van der Waals surface area contributed by atoms with Crippen LogP contribution >= 0.6 is 0 Å². The first-order valence-electron chi connectivity index (χ1n) is 13.6. The number of fused-ring (bicyclic) bond motifs is 9. The van der Waals surface area contributed by atoms with Crippen LogP contribution in [0.4, 0.5) is 22.7 Å². The second-order valence-electron chi connectivity index (χ2n) is 10.3. The van der Waals surface area contributed by atoms with Crippen LogP contribution in [0.5, 0.6) is 11.5 Å². The lowest BCUT2D eigenvalue weighted by atomic mass is 9.66. The van der Waals surface area contributed by atoms with Gasteiger partial charge >= 0.3 is 0 Å². The predicted octanol–water partition coefficient (Wildman–Crippen LogP) is 9.64. The third-order valence-corrected chi connectivity index (χ3v) is 8.07. The molecule has 0 saturated carbocycles. The molecule has 6 aromatic rings. The molecule has 0 amide bonds. The van der Waals surface area contributed by atoms with Gasteiger partial charge in [0.25, 0.3) is 0 Å². The number of nitrogens with one attached hydrogen (secondary N) is 2. The summed E-state index contributed by atoms with van der Waals surface area (Å²) >= 11 is 0. The molecule has 0 fully saturated rings. The molecular formula is C37H26N2O. The second-order valence-corrected chi connectivity index (χ2v) is 10.3. The fraction of sp³-hybridized carbons (Fsp3) is 0.0270. The highest BCUT2D eigenvalue weighted by Crippen LogP contribution is 2.62. The first-order valence-corrected chi connectivity index (χ1v) is 13.6. The van der Waals surface area contributed by atoms with Crippen molar-refractivity contribution in [2.24, 2.45) is 0 Å². The summed E-state index contributed by atoms with van der Waals surface area (Å²) in [6, 6.07) is 51.2. The van der Waals surface area contributed by atoms with E-state index in [-0.39, 0.29) is 0 Å². The molecule has 0 saturated heterocycles. The van der Waals surface area contributed by atoms with Crippen LogP contribution in [0.3, 0.4) is 0 Å². The zero-order chi connectivity index (χ0) is 26.5. The maximum absolute atomic E-state index is 6.77. The van der Waals surface area contributed by atoms with Gasteiger partial charge in [-0.2, -0.15) is 0 Å². The maximum atomic E-state index is 6.77. The Bertz CT molecular complexity index is 1740. The number of anilines is 4. The van der Waals surface area contributed by atoms with Crippen molar-refractivity contribution >= 4 is 22.7 Å². The summed E-state index contributed by atoms with van der Waals surface area (Å²) in [5, 5.41) is 7.09. The lowest BCUT2D eigenvalue weighted by molar-refractivity contribution is 0.437. The fourth-order valence-electron chi connectivity index (χ4n) is 6.44. The predicted molar refractivity (Wildman–Crippen MR) is 163 cm³/mol. The summed E-state index contributed by atoms with van der Waals surface area (Å²) in [5.41, 5.74) is 11.0. The third kappa shape index (κ3) is 3.38. The SMILES string of the molecule is c1ccc(Nc2ccc3c(c2)Oc2cc(Nc4ccccc4)ccc2C32c3ccccc3-c3ccccc32)cc1. The quantitative estimate of drug-likeness (QED) is 0.245. The molecule has 1 aliphatic carbocycles. The van der Waals surface area contributed by atoms with Gasteiger partial charge in [-0.1, -0.05) is 97.1 Å². The van der Waals surface area contributed by atoms with Crippen LogP contribution in [-0.2, 0) is 5.41 Å². The van der Waals surface area contributed by atoms with Gasteiger partial charge in [0.1, 0.15) is 11.5 Å². The molecule has 40 heavy (non-hydrogen) atoms. The molecule has 8 rings (SSSR count). The van der Waals surface area contributed by atoms with Crippen molar-refractivity contribution in [2.45, 2.75) is 5.41 Å². The van der Waals surface area contributed by atoms with Crippen molar-refractivity contribution in [3.05, 3.63) is 168 Å². The minimum atomic E-state index is -0.480. The summed E-state index contributed by atoms with van der Waals surface area (Å²) in [6.07, 6.45) is 0. The van der Waals surface area contributed by atoms with E-state index in [2.05, 4.69) is 120 Å². The second kappa shape index (κ2) is 8.89. The van der Waals surface area contributed by atoms with Gasteiger partial charge in [0.05, 0.1) is 5.41 Å². The van der Waals surface area contributed by atoms with Crippen LogP contribution in [0, 0.1) is 0 Å². The van der Waals surface area contributed by atoms with Crippen molar-refractivity contribution in [1.29, 1.82) is 0 Å². The van der Waals surface area contributed by atoms with Crippen molar-refractivity contribution < 1.29 is 4.74 Å². The molecular weight excluding hydrogens is 488 g/mol. The zero-order valence-electron chi connectivity index (χ0n) is 21.8. The van der Waals surface area contributed by atoms with Crippen molar-refractivity contribution in [3.63, 3.8) is 0 Å². The molecule has 190 valence electrons. The molecule has 0 radical (unpaired) electrons. The first-order chi connectivity index (χ1) is 19.8. The molecule has 1 heterocycles. The number of rotatable bonds is 4. The molecule has 1 aliphatic heterocycles. The van der Waals surface area contributed by atoms with E-state index in [1.54, 1.807) is 0 Å². The molecule has 6 aromatic carbocycles. The molecule has 3 heteroatoms. The van der Waals surface area contributed by atoms with Crippen molar-refractivity contribution in [2.75, 3.05) is 10.6 Å². The van der Waals surface area contributed by atoms with Gasteiger partial charge in [-0.3, -0.25) is 0 Å². The first kappa shape index (κ1) is 22.7. The van der Waals surface area contributed by atoms with Gasteiger partial charge in [-0.15, -0.1) is 0 Å². The Balaban J connectivity index is 1.35.